The van der Waals surface area contributed by atoms with Crippen LogP contribution in [0.15, 0.2) is 17.5 Å². The molecule has 0 aromatic carbocycles. The fourth-order valence-electron chi connectivity index (χ4n) is 2.68. The molecule has 1 aromatic heterocycles. The molecule has 1 N–H and O–H groups in total. The third-order valence-corrected chi connectivity index (χ3v) is 4.97. The number of esters is 1. The summed E-state index contributed by atoms with van der Waals surface area (Å²) in [4.78, 5) is 27.2. The molecular weight excluding hydrogens is 300 g/mol. The van der Waals surface area contributed by atoms with Crippen molar-refractivity contribution < 1.29 is 14.3 Å². The summed E-state index contributed by atoms with van der Waals surface area (Å²) in [7, 11) is 0. The van der Waals surface area contributed by atoms with Crippen LogP contribution in [-0.2, 0) is 20.9 Å². The molecular formula is C16H24N2O3S. The van der Waals surface area contributed by atoms with Crippen molar-refractivity contribution in [2.45, 2.75) is 39.3 Å². The van der Waals surface area contributed by atoms with E-state index in [1.54, 1.807) is 11.3 Å². The van der Waals surface area contributed by atoms with Crippen LogP contribution in [0.3, 0.4) is 0 Å². The van der Waals surface area contributed by atoms with Gasteiger partial charge in [-0.1, -0.05) is 6.07 Å². The standard InChI is InChI=1S/C16H24N2O3S/c1-3-21-16(20)13-6-8-18(9-7-13)12(2)15(19)17-11-14-5-4-10-22-14/h4-5,10,12-13H,3,6-9,11H2,1-2H3,(H,17,19)/t12-/m1/s1. The minimum absolute atomic E-state index is 0.0161. The third kappa shape index (κ3) is 4.55. The Labute approximate surface area is 135 Å². The van der Waals surface area contributed by atoms with E-state index in [0.29, 0.717) is 13.2 Å². The first kappa shape index (κ1) is 17.0. The summed E-state index contributed by atoms with van der Waals surface area (Å²) < 4.78 is 5.07. The van der Waals surface area contributed by atoms with E-state index in [2.05, 4.69) is 10.2 Å². The van der Waals surface area contributed by atoms with Crippen molar-refractivity contribution in [3.63, 3.8) is 0 Å². The van der Waals surface area contributed by atoms with Gasteiger partial charge in [-0.15, -0.1) is 11.3 Å². The number of piperidine rings is 1. The Hall–Kier alpha value is -1.40. The predicted molar refractivity (Wildman–Crippen MR) is 86.6 cm³/mol. The van der Waals surface area contributed by atoms with Gasteiger partial charge in [-0.3, -0.25) is 14.5 Å². The molecule has 2 rings (SSSR count). The summed E-state index contributed by atoms with van der Waals surface area (Å²) in [6.45, 7) is 6.29. The summed E-state index contributed by atoms with van der Waals surface area (Å²) >= 11 is 1.64. The topological polar surface area (TPSA) is 58.6 Å². The Bertz CT molecular complexity index is 482. The SMILES string of the molecule is CCOC(=O)C1CCN([C@H](C)C(=O)NCc2cccs2)CC1. The number of carbonyl (C=O) groups excluding carboxylic acids is 2. The van der Waals surface area contributed by atoms with Crippen molar-refractivity contribution in [2.24, 2.45) is 5.92 Å². The molecule has 0 bridgehead atoms. The van der Waals surface area contributed by atoms with Crippen LogP contribution in [0.4, 0.5) is 0 Å². The molecule has 0 unspecified atom stereocenters. The molecule has 1 atom stereocenters. The van der Waals surface area contributed by atoms with Crippen LogP contribution in [0.1, 0.15) is 31.6 Å². The molecule has 5 nitrogen and oxygen atoms in total. The van der Waals surface area contributed by atoms with Crippen LogP contribution in [0.2, 0.25) is 0 Å². The highest BCUT2D eigenvalue weighted by atomic mass is 32.1. The van der Waals surface area contributed by atoms with Gasteiger partial charge in [-0.05, 0) is 51.2 Å². The number of nitrogens with zero attached hydrogens (tertiary/aromatic N) is 1. The Morgan fingerprint density at radius 2 is 2.18 bits per heavy atom. The molecule has 0 spiro atoms. The predicted octanol–water partition coefficient (Wildman–Crippen LogP) is 2.03. The molecule has 1 aliphatic rings. The van der Waals surface area contributed by atoms with Gasteiger partial charge >= 0.3 is 5.97 Å². The quantitative estimate of drug-likeness (QED) is 0.814. The van der Waals surface area contributed by atoms with Crippen LogP contribution in [-0.4, -0.2) is 42.5 Å². The maximum absolute atomic E-state index is 12.2. The molecule has 1 saturated heterocycles. The number of likely N-dealkylation sites (tertiary alicyclic amines) is 1. The summed E-state index contributed by atoms with van der Waals surface area (Å²) in [5.41, 5.74) is 0. The first-order valence-electron chi connectivity index (χ1n) is 7.82. The number of hydrogen-bond acceptors (Lipinski definition) is 5. The summed E-state index contributed by atoms with van der Waals surface area (Å²) in [5, 5.41) is 4.98. The average molecular weight is 324 g/mol. The lowest BCUT2D eigenvalue weighted by molar-refractivity contribution is -0.149. The number of amides is 1. The molecule has 1 aliphatic heterocycles. The second-order valence-electron chi connectivity index (χ2n) is 5.54. The molecule has 0 radical (unpaired) electrons. The average Bonchev–Trinajstić information content (AvgIpc) is 3.05. The number of ether oxygens (including phenoxy) is 1. The van der Waals surface area contributed by atoms with Crippen molar-refractivity contribution in [1.29, 1.82) is 0 Å². The van der Waals surface area contributed by atoms with Crippen molar-refractivity contribution in [3.8, 4) is 0 Å². The highest BCUT2D eigenvalue weighted by molar-refractivity contribution is 7.09. The van der Waals surface area contributed by atoms with Crippen molar-refractivity contribution in [2.75, 3.05) is 19.7 Å². The minimum Gasteiger partial charge on any atom is -0.466 e. The summed E-state index contributed by atoms with van der Waals surface area (Å²) in [6, 6.07) is 3.83. The van der Waals surface area contributed by atoms with E-state index in [9.17, 15) is 9.59 Å². The van der Waals surface area contributed by atoms with E-state index in [1.165, 1.54) is 0 Å². The number of thiophene rings is 1. The first-order valence-corrected chi connectivity index (χ1v) is 8.70. The van der Waals surface area contributed by atoms with Gasteiger partial charge in [-0.25, -0.2) is 0 Å². The summed E-state index contributed by atoms with van der Waals surface area (Å²) in [6.07, 6.45) is 1.53. The van der Waals surface area contributed by atoms with Crippen molar-refractivity contribution >= 4 is 23.2 Å². The van der Waals surface area contributed by atoms with E-state index < -0.39 is 0 Å². The smallest absolute Gasteiger partial charge is 0.309 e. The lowest BCUT2D eigenvalue weighted by atomic mass is 9.96. The monoisotopic (exact) mass is 324 g/mol. The molecule has 2 heterocycles. The lowest BCUT2D eigenvalue weighted by Crippen LogP contribution is -2.48. The maximum Gasteiger partial charge on any atom is 0.309 e. The Balaban J connectivity index is 1.75. The largest absolute Gasteiger partial charge is 0.466 e. The van der Waals surface area contributed by atoms with E-state index in [1.807, 2.05) is 31.4 Å². The summed E-state index contributed by atoms with van der Waals surface area (Å²) in [5.74, 6) is -0.0717. The van der Waals surface area contributed by atoms with Gasteiger partial charge in [0.05, 0.1) is 25.1 Å². The van der Waals surface area contributed by atoms with Crippen molar-refractivity contribution in [1.82, 2.24) is 10.2 Å². The highest BCUT2D eigenvalue weighted by Crippen LogP contribution is 2.20. The molecule has 0 saturated carbocycles. The molecule has 1 amide bonds. The first-order chi connectivity index (χ1) is 10.6. The van der Waals surface area contributed by atoms with Gasteiger partial charge in [0, 0.05) is 4.88 Å². The van der Waals surface area contributed by atoms with E-state index in [4.69, 9.17) is 4.74 Å². The maximum atomic E-state index is 12.2. The van der Waals surface area contributed by atoms with Crippen LogP contribution >= 0.6 is 11.3 Å². The van der Waals surface area contributed by atoms with Crippen LogP contribution < -0.4 is 5.32 Å². The minimum atomic E-state index is -0.164. The van der Waals surface area contributed by atoms with Gasteiger partial charge in [-0.2, -0.15) is 0 Å². The Morgan fingerprint density at radius 1 is 1.45 bits per heavy atom. The van der Waals surface area contributed by atoms with Crippen LogP contribution in [0.25, 0.3) is 0 Å². The highest BCUT2D eigenvalue weighted by Gasteiger charge is 2.30. The lowest BCUT2D eigenvalue weighted by Gasteiger charge is -2.34. The molecule has 1 fully saturated rings. The second kappa shape index (κ2) is 8.29. The number of nitrogens with one attached hydrogen (secondary N) is 1. The van der Waals surface area contributed by atoms with E-state index in [0.717, 1.165) is 30.8 Å². The Kier molecular flexibility index (Phi) is 6.39. The zero-order chi connectivity index (χ0) is 15.9. The fourth-order valence-corrected chi connectivity index (χ4v) is 3.33. The zero-order valence-electron chi connectivity index (χ0n) is 13.2. The van der Waals surface area contributed by atoms with Gasteiger partial charge in [0.2, 0.25) is 5.91 Å². The number of rotatable bonds is 6. The van der Waals surface area contributed by atoms with Crippen LogP contribution in [0, 0.1) is 5.92 Å². The van der Waals surface area contributed by atoms with Gasteiger partial charge in [0.25, 0.3) is 0 Å². The fraction of sp³-hybridized carbons (Fsp3) is 0.625. The van der Waals surface area contributed by atoms with Crippen molar-refractivity contribution in [3.05, 3.63) is 22.4 Å². The molecule has 6 heteroatoms. The number of hydrogen-bond donors (Lipinski definition) is 1. The molecule has 0 aliphatic carbocycles. The normalized spacial score (nSPS) is 17.9. The molecule has 1 aromatic rings. The third-order valence-electron chi connectivity index (χ3n) is 4.09. The number of carbonyl (C=O) groups is 2. The van der Waals surface area contributed by atoms with Gasteiger partial charge in [0.1, 0.15) is 0 Å². The Morgan fingerprint density at radius 3 is 2.77 bits per heavy atom. The molecule has 22 heavy (non-hydrogen) atoms. The van der Waals surface area contributed by atoms with E-state index in [-0.39, 0.29) is 23.8 Å². The molecule has 122 valence electrons. The van der Waals surface area contributed by atoms with Crippen LogP contribution in [0.5, 0.6) is 0 Å². The van der Waals surface area contributed by atoms with Gasteiger partial charge < -0.3 is 10.1 Å². The second-order valence-corrected chi connectivity index (χ2v) is 6.57. The van der Waals surface area contributed by atoms with Gasteiger partial charge in [0.15, 0.2) is 0 Å². The zero-order valence-corrected chi connectivity index (χ0v) is 14.0. The van der Waals surface area contributed by atoms with E-state index >= 15 is 0 Å².